The molecule has 0 atom stereocenters. The molecule has 0 aliphatic heterocycles. The first-order chi connectivity index (χ1) is 14.3. The molecule has 0 aliphatic rings. The maximum absolute atomic E-state index is 13.8. The molecular weight excluding hydrogens is 389 g/mol. The molecule has 0 spiro atoms. The summed E-state index contributed by atoms with van der Waals surface area (Å²) in [5, 5.41) is 0.224. The zero-order valence-electron chi connectivity index (χ0n) is 16.0. The first-order valence-electron chi connectivity index (χ1n) is 9.24. The number of para-hydroxylation sites is 1. The van der Waals surface area contributed by atoms with Crippen molar-refractivity contribution in [3.8, 4) is 22.4 Å². The lowest BCUT2D eigenvalue weighted by Gasteiger charge is -2.19. The smallest absolute Gasteiger partial charge is 0.366 e. The van der Waals surface area contributed by atoms with Crippen LogP contribution >= 0.6 is 0 Å². The summed E-state index contributed by atoms with van der Waals surface area (Å²) in [6.45, 7) is 1.81. The highest BCUT2D eigenvalue weighted by Gasteiger charge is 2.35. The van der Waals surface area contributed by atoms with Crippen LogP contribution in [0.5, 0.6) is 0 Å². The average Bonchev–Trinajstić information content (AvgIpc) is 2.72. The van der Waals surface area contributed by atoms with Gasteiger partial charge in [-0.05, 0) is 24.1 Å². The lowest BCUT2D eigenvalue weighted by molar-refractivity contribution is -0.136. The van der Waals surface area contributed by atoms with Crippen molar-refractivity contribution in [3.63, 3.8) is 0 Å². The van der Waals surface area contributed by atoms with Crippen LogP contribution in [0, 0.1) is 6.92 Å². The molecule has 0 saturated carbocycles. The lowest BCUT2D eigenvalue weighted by Crippen LogP contribution is -2.17. The maximum atomic E-state index is 13.8. The van der Waals surface area contributed by atoms with Crippen LogP contribution < -0.4 is 5.73 Å². The fraction of sp³-hybridized carbons (Fsp3) is 0.0833. The molecule has 3 nitrogen and oxygen atoms in total. The number of aromatic nitrogens is 1. The normalized spacial score (nSPS) is 11.6. The summed E-state index contributed by atoms with van der Waals surface area (Å²) < 4.78 is 41.4. The van der Waals surface area contributed by atoms with Gasteiger partial charge in [0.05, 0.1) is 22.3 Å². The molecule has 3 aromatic carbocycles. The Morgan fingerprint density at radius 3 is 2.20 bits per heavy atom. The van der Waals surface area contributed by atoms with Gasteiger partial charge in [-0.1, -0.05) is 66.7 Å². The Hall–Kier alpha value is -3.67. The molecule has 2 N–H and O–H groups in total. The van der Waals surface area contributed by atoms with E-state index >= 15 is 0 Å². The van der Waals surface area contributed by atoms with E-state index in [2.05, 4.69) is 4.98 Å². The van der Waals surface area contributed by atoms with Crippen LogP contribution in [0.15, 0.2) is 72.8 Å². The molecule has 0 fully saturated rings. The minimum Gasteiger partial charge on any atom is -0.366 e. The van der Waals surface area contributed by atoms with E-state index in [1.54, 1.807) is 42.5 Å². The number of amides is 1. The molecule has 0 unspecified atom stereocenters. The van der Waals surface area contributed by atoms with Crippen LogP contribution in [-0.4, -0.2) is 10.9 Å². The number of fused-ring (bicyclic) bond motifs is 1. The van der Waals surface area contributed by atoms with Gasteiger partial charge in [0.15, 0.2) is 0 Å². The van der Waals surface area contributed by atoms with E-state index in [0.29, 0.717) is 16.7 Å². The molecule has 4 rings (SSSR count). The number of carbonyl (C=O) groups is 1. The fourth-order valence-corrected chi connectivity index (χ4v) is 3.69. The molecule has 4 aromatic rings. The third-order valence-corrected chi connectivity index (χ3v) is 5.03. The van der Waals surface area contributed by atoms with Crippen molar-refractivity contribution in [2.24, 2.45) is 5.73 Å². The van der Waals surface area contributed by atoms with E-state index in [4.69, 9.17) is 5.73 Å². The Bertz CT molecular complexity index is 1260. The van der Waals surface area contributed by atoms with Crippen molar-refractivity contribution in [2.75, 3.05) is 0 Å². The summed E-state index contributed by atoms with van der Waals surface area (Å²) in [4.78, 5) is 16.9. The van der Waals surface area contributed by atoms with E-state index in [1.807, 2.05) is 19.1 Å². The summed E-state index contributed by atoms with van der Waals surface area (Å²) in [6.07, 6.45) is -4.60. The molecule has 1 heterocycles. The van der Waals surface area contributed by atoms with Crippen molar-refractivity contribution in [1.82, 2.24) is 4.98 Å². The molecule has 0 saturated heterocycles. The molecule has 1 amide bonds. The molecule has 0 radical (unpaired) electrons. The number of primary amides is 1. The number of carbonyl (C=O) groups excluding carboxylic acids is 1. The van der Waals surface area contributed by atoms with Gasteiger partial charge in [0, 0.05) is 16.5 Å². The molecule has 0 aliphatic carbocycles. The van der Waals surface area contributed by atoms with Crippen LogP contribution in [0.1, 0.15) is 21.5 Å². The highest BCUT2D eigenvalue weighted by Crippen LogP contribution is 2.42. The number of pyridine rings is 1. The zero-order chi connectivity index (χ0) is 21.5. The number of rotatable bonds is 3. The van der Waals surface area contributed by atoms with E-state index in [-0.39, 0.29) is 22.2 Å². The number of nitrogens with two attached hydrogens (primary N) is 1. The predicted octanol–water partition coefficient (Wildman–Crippen LogP) is 5.99. The summed E-state index contributed by atoms with van der Waals surface area (Å²) in [6, 6.07) is 19.7. The quantitative estimate of drug-likeness (QED) is 0.454. The van der Waals surface area contributed by atoms with Crippen LogP contribution in [-0.2, 0) is 6.18 Å². The van der Waals surface area contributed by atoms with Gasteiger partial charge in [-0.25, -0.2) is 4.98 Å². The monoisotopic (exact) mass is 406 g/mol. The van der Waals surface area contributed by atoms with E-state index < -0.39 is 17.6 Å². The summed E-state index contributed by atoms with van der Waals surface area (Å²) in [5.74, 6) is -0.751. The Kier molecular flexibility index (Phi) is 4.78. The topological polar surface area (TPSA) is 56.0 Å². The van der Waals surface area contributed by atoms with E-state index in [9.17, 15) is 18.0 Å². The Morgan fingerprint density at radius 2 is 1.57 bits per heavy atom. The SMILES string of the molecule is Cc1ccccc1-c1nc2c(C(F)(F)F)cccc2c(-c2ccccc2)c1C(N)=O. The third kappa shape index (κ3) is 3.30. The molecule has 6 heteroatoms. The molecule has 0 bridgehead atoms. The predicted molar refractivity (Wildman–Crippen MR) is 111 cm³/mol. The summed E-state index contributed by atoms with van der Waals surface area (Å²) in [7, 11) is 0. The Balaban J connectivity index is 2.26. The minimum atomic E-state index is -4.60. The van der Waals surface area contributed by atoms with Crippen LogP contribution in [0.2, 0.25) is 0 Å². The molecule has 150 valence electrons. The highest BCUT2D eigenvalue weighted by molar-refractivity contribution is 6.13. The first kappa shape index (κ1) is 19.6. The number of aryl methyl sites for hydroxylation is 1. The Labute approximate surface area is 171 Å². The number of hydrogen-bond acceptors (Lipinski definition) is 2. The first-order valence-corrected chi connectivity index (χ1v) is 9.24. The number of nitrogens with zero attached hydrogens (tertiary/aromatic N) is 1. The molecule has 30 heavy (non-hydrogen) atoms. The minimum absolute atomic E-state index is 0.0994. The second kappa shape index (κ2) is 7.30. The van der Waals surface area contributed by atoms with Gasteiger partial charge in [0.2, 0.25) is 0 Å². The van der Waals surface area contributed by atoms with Gasteiger partial charge >= 0.3 is 6.18 Å². The van der Waals surface area contributed by atoms with E-state index in [1.165, 1.54) is 12.1 Å². The van der Waals surface area contributed by atoms with Gasteiger partial charge in [-0.2, -0.15) is 13.2 Å². The van der Waals surface area contributed by atoms with Crippen molar-refractivity contribution in [3.05, 3.63) is 89.5 Å². The highest BCUT2D eigenvalue weighted by atomic mass is 19.4. The van der Waals surface area contributed by atoms with Crippen molar-refractivity contribution >= 4 is 16.8 Å². The maximum Gasteiger partial charge on any atom is 0.418 e. The Morgan fingerprint density at radius 1 is 0.900 bits per heavy atom. The molecule has 1 aromatic heterocycles. The van der Waals surface area contributed by atoms with Gasteiger partial charge in [0.25, 0.3) is 5.91 Å². The third-order valence-electron chi connectivity index (χ3n) is 5.03. The van der Waals surface area contributed by atoms with Gasteiger partial charge in [-0.15, -0.1) is 0 Å². The van der Waals surface area contributed by atoms with Crippen molar-refractivity contribution in [2.45, 2.75) is 13.1 Å². The molecular formula is C24H17F3N2O. The van der Waals surface area contributed by atoms with E-state index in [0.717, 1.165) is 11.6 Å². The standard InChI is InChI=1S/C24H17F3N2O/c1-14-8-5-6-11-16(14)22-20(23(28)30)19(15-9-3-2-4-10-15)17-12-7-13-18(21(17)29-22)24(25,26)27/h2-13H,1H3,(H2,28,30). The number of alkyl halides is 3. The number of benzene rings is 3. The van der Waals surface area contributed by atoms with Crippen molar-refractivity contribution < 1.29 is 18.0 Å². The fourth-order valence-electron chi connectivity index (χ4n) is 3.69. The second-order valence-electron chi connectivity index (χ2n) is 6.96. The largest absolute Gasteiger partial charge is 0.418 e. The van der Waals surface area contributed by atoms with Gasteiger partial charge in [0.1, 0.15) is 0 Å². The van der Waals surface area contributed by atoms with Gasteiger partial charge < -0.3 is 5.73 Å². The van der Waals surface area contributed by atoms with Crippen LogP contribution in [0.3, 0.4) is 0 Å². The van der Waals surface area contributed by atoms with Gasteiger partial charge in [-0.3, -0.25) is 4.79 Å². The average molecular weight is 406 g/mol. The number of hydrogen-bond donors (Lipinski definition) is 1. The van der Waals surface area contributed by atoms with Crippen LogP contribution in [0.25, 0.3) is 33.3 Å². The summed E-state index contributed by atoms with van der Waals surface area (Å²) >= 11 is 0. The van der Waals surface area contributed by atoms with Crippen LogP contribution in [0.4, 0.5) is 13.2 Å². The summed E-state index contributed by atoms with van der Waals surface area (Å²) in [5.41, 5.74) is 7.19. The lowest BCUT2D eigenvalue weighted by atomic mass is 9.89. The number of halogens is 3. The van der Waals surface area contributed by atoms with Crippen molar-refractivity contribution in [1.29, 1.82) is 0 Å². The second-order valence-corrected chi connectivity index (χ2v) is 6.96. The zero-order valence-corrected chi connectivity index (χ0v) is 16.0.